The van der Waals surface area contributed by atoms with Crippen molar-refractivity contribution < 1.29 is 19.4 Å². The SMILES string of the molecule is CCCCCCCNC(=O)N(C)c1cncc(-c2ccc(CCC(=O)O)cc2OCc2ccccc2)c1. The van der Waals surface area contributed by atoms with Crippen LogP contribution in [0.3, 0.4) is 0 Å². The molecule has 0 unspecified atom stereocenters. The summed E-state index contributed by atoms with van der Waals surface area (Å²) in [6.07, 6.45) is 9.56. The molecule has 0 spiro atoms. The van der Waals surface area contributed by atoms with Crippen LogP contribution < -0.4 is 15.0 Å². The highest BCUT2D eigenvalue weighted by Gasteiger charge is 2.15. The van der Waals surface area contributed by atoms with Crippen LogP contribution in [0.1, 0.15) is 56.6 Å². The van der Waals surface area contributed by atoms with E-state index in [1.54, 1.807) is 24.3 Å². The number of ether oxygens (including phenoxy) is 1. The van der Waals surface area contributed by atoms with Gasteiger partial charge in [0.25, 0.3) is 0 Å². The maximum absolute atomic E-state index is 12.7. The van der Waals surface area contributed by atoms with Crippen LogP contribution >= 0.6 is 0 Å². The summed E-state index contributed by atoms with van der Waals surface area (Å²) in [5, 5.41) is 12.1. The predicted molar refractivity (Wildman–Crippen MR) is 147 cm³/mol. The number of pyridine rings is 1. The van der Waals surface area contributed by atoms with E-state index < -0.39 is 5.97 Å². The van der Waals surface area contributed by atoms with Crippen molar-refractivity contribution in [2.24, 2.45) is 0 Å². The number of hydrogen-bond acceptors (Lipinski definition) is 4. The first-order valence-corrected chi connectivity index (χ1v) is 13.0. The highest BCUT2D eigenvalue weighted by molar-refractivity contribution is 5.92. The van der Waals surface area contributed by atoms with Crippen LogP contribution in [0, 0.1) is 0 Å². The van der Waals surface area contributed by atoms with E-state index in [0.717, 1.165) is 35.1 Å². The molecule has 196 valence electrons. The summed E-state index contributed by atoms with van der Waals surface area (Å²) < 4.78 is 6.20. The molecule has 0 radical (unpaired) electrons. The Morgan fingerprint density at radius 1 is 0.973 bits per heavy atom. The van der Waals surface area contributed by atoms with Crippen molar-refractivity contribution in [1.82, 2.24) is 10.3 Å². The number of aliphatic carboxylic acids is 1. The van der Waals surface area contributed by atoms with Crippen LogP contribution in [-0.4, -0.2) is 35.7 Å². The van der Waals surface area contributed by atoms with Gasteiger partial charge in [-0.2, -0.15) is 0 Å². The zero-order valence-electron chi connectivity index (χ0n) is 21.8. The second-order valence-electron chi connectivity index (χ2n) is 9.14. The Bertz CT molecular complexity index is 1150. The van der Waals surface area contributed by atoms with E-state index >= 15 is 0 Å². The lowest BCUT2D eigenvalue weighted by molar-refractivity contribution is -0.136. The molecule has 2 amide bonds. The number of carbonyl (C=O) groups excluding carboxylic acids is 1. The van der Waals surface area contributed by atoms with Crippen LogP contribution in [0.4, 0.5) is 10.5 Å². The summed E-state index contributed by atoms with van der Waals surface area (Å²) in [5.41, 5.74) is 4.22. The Morgan fingerprint density at radius 2 is 1.76 bits per heavy atom. The number of anilines is 1. The van der Waals surface area contributed by atoms with Crippen molar-refractivity contribution in [2.75, 3.05) is 18.5 Å². The molecule has 2 N–H and O–H groups in total. The fourth-order valence-corrected chi connectivity index (χ4v) is 3.98. The van der Waals surface area contributed by atoms with Crippen LogP contribution in [-0.2, 0) is 17.8 Å². The molecular formula is C30H37N3O4. The van der Waals surface area contributed by atoms with Gasteiger partial charge in [0.1, 0.15) is 12.4 Å². The second-order valence-corrected chi connectivity index (χ2v) is 9.14. The van der Waals surface area contributed by atoms with Crippen LogP contribution in [0.15, 0.2) is 67.0 Å². The molecule has 0 aliphatic rings. The highest BCUT2D eigenvalue weighted by Crippen LogP contribution is 2.33. The lowest BCUT2D eigenvalue weighted by Gasteiger charge is -2.19. The van der Waals surface area contributed by atoms with Gasteiger partial charge in [0, 0.05) is 37.3 Å². The van der Waals surface area contributed by atoms with Gasteiger partial charge in [-0.1, -0.05) is 75.1 Å². The van der Waals surface area contributed by atoms with Crippen LogP contribution in [0.25, 0.3) is 11.1 Å². The van der Waals surface area contributed by atoms with E-state index in [1.165, 1.54) is 19.3 Å². The van der Waals surface area contributed by atoms with Gasteiger partial charge in [-0.3, -0.25) is 14.7 Å². The number of nitrogens with one attached hydrogen (secondary N) is 1. The van der Waals surface area contributed by atoms with Crippen LogP contribution in [0.5, 0.6) is 5.75 Å². The van der Waals surface area contributed by atoms with Gasteiger partial charge >= 0.3 is 12.0 Å². The van der Waals surface area contributed by atoms with E-state index in [9.17, 15) is 9.59 Å². The number of aromatic nitrogens is 1. The van der Waals surface area contributed by atoms with Crippen molar-refractivity contribution >= 4 is 17.7 Å². The Balaban J connectivity index is 1.76. The number of urea groups is 1. The average molecular weight is 504 g/mol. The molecule has 0 saturated heterocycles. The third-order valence-electron chi connectivity index (χ3n) is 6.19. The number of hydrogen-bond donors (Lipinski definition) is 2. The second kappa shape index (κ2) is 14.6. The van der Waals surface area contributed by atoms with Gasteiger partial charge in [0.15, 0.2) is 0 Å². The smallest absolute Gasteiger partial charge is 0.321 e. The molecular weight excluding hydrogens is 466 g/mol. The molecule has 1 heterocycles. The van der Waals surface area contributed by atoms with Gasteiger partial charge in [-0.25, -0.2) is 4.79 Å². The zero-order valence-corrected chi connectivity index (χ0v) is 21.8. The lowest BCUT2D eigenvalue weighted by Crippen LogP contribution is -2.37. The number of carbonyl (C=O) groups is 2. The topological polar surface area (TPSA) is 91.8 Å². The fourth-order valence-electron chi connectivity index (χ4n) is 3.98. The van der Waals surface area contributed by atoms with Gasteiger partial charge in [0.05, 0.1) is 11.9 Å². The molecule has 7 heteroatoms. The summed E-state index contributed by atoms with van der Waals surface area (Å²) >= 11 is 0. The molecule has 7 nitrogen and oxygen atoms in total. The quantitative estimate of drug-likeness (QED) is 0.246. The number of benzene rings is 2. The van der Waals surface area contributed by atoms with Crippen molar-refractivity contribution in [3.8, 4) is 16.9 Å². The Hall–Kier alpha value is -3.87. The van der Waals surface area contributed by atoms with Gasteiger partial charge in [-0.15, -0.1) is 0 Å². The average Bonchev–Trinajstić information content (AvgIpc) is 2.92. The minimum Gasteiger partial charge on any atom is -0.488 e. The highest BCUT2D eigenvalue weighted by atomic mass is 16.5. The lowest BCUT2D eigenvalue weighted by atomic mass is 10.0. The number of amides is 2. The summed E-state index contributed by atoms with van der Waals surface area (Å²) in [5.74, 6) is -0.195. The number of carboxylic acids is 1. The zero-order chi connectivity index (χ0) is 26.5. The van der Waals surface area contributed by atoms with Crippen molar-refractivity contribution in [2.45, 2.75) is 58.5 Å². The third-order valence-corrected chi connectivity index (χ3v) is 6.19. The van der Waals surface area contributed by atoms with Gasteiger partial charge in [-0.05, 0) is 36.1 Å². The summed E-state index contributed by atoms with van der Waals surface area (Å²) in [7, 11) is 1.73. The van der Waals surface area contributed by atoms with Crippen molar-refractivity contribution in [3.63, 3.8) is 0 Å². The largest absolute Gasteiger partial charge is 0.488 e. The Kier molecular flexibility index (Phi) is 11.0. The molecule has 0 bridgehead atoms. The van der Waals surface area contributed by atoms with Crippen LogP contribution in [0.2, 0.25) is 0 Å². The third kappa shape index (κ3) is 8.94. The molecule has 1 aromatic heterocycles. The Labute approximate surface area is 219 Å². The summed E-state index contributed by atoms with van der Waals surface area (Å²) in [6.45, 7) is 3.21. The van der Waals surface area contributed by atoms with Gasteiger partial charge < -0.3 is 15.2 Å². The minimum atomic E-state index is -0.838. The molecule has 0 saturated carbocycles. The maximum atomic E-state index is 12.7. The van der Waals surface area contributed by atoms with E-state index in [-0.39, 0.29) is 12.5 Å². The first-order valence-electron chi connectivity index (χ1n) is 13.0. The predicted octanol–water partition coefficient (Wildman–Crippen LogP) is 6.46. The standard InChI is InChI=1S/C30H37N3O4/c1-3-4-5-6-10-17-32-30(36)33(2)26-19-25(20-31-21-26)27-15-13-23(14-16-29(34)35)18-28(27)37-22-24-11-8-7-9-12-24/h7-9,11-13,15,18-21H,3-6,10,14,16-17,22H2,1-2H3,(H,32,36)(H,34,35). The molecule has 0 fully saturated rings. The molecule has 0 atom stereocenters. The van der Waals surface area contributed by atoms with E-state index in [2.05, 4.69) is 17.2 Å². The number of rotatable bonds is 14. The molecule has 3 rings (SSSR count). The molecule has 2 aromatic carbocycles. The monoisotopic (exact) mass is 503 g/mol. The molecule has 3 aromatic rings. The maximum Gasteiger partial charge on any atom is 0.321 e. The Morgan fingerprint density at radius 3 is 2.51 bits per heavy atom. The summed E-state index contributed by atoms with van der Waals surface area (Å²) in [6, 6.07) is 17.3. The van der Waals surface area contributed by atoms with Crippen molar-refractivity contribution in [3.05, 3.63) is 78.1 Å². The fraction of sp³-hybridized carbons (Fsp3) is 0.367. The van der Waals surface area contributed by atoms with E-state index in [0.29, 0.717) is 31.0 Å². The molecule has 0 aliphatic heterocycles. The van der Waals surface area contributed by atoms with Crippen molar-refractivity contribution in [1.29, 1.82) is 0 Å². The number of nitrogens with zero attached hydrogens (tertiary/aromatic N) is 2. The number of aryl methyl sites for hydroxylation is 1. The first kappa shape index (κ1) is 27.7. The van der Waals surface area contributed by atoms with Gasteiger partial charge in [0.2, 0.25) is 0 Å². The first-order chi connectivity index (χ1) is 18.0. The molecule has 0 aliphatic carbocycles. The minimum absolute atomic E-state index is 0.0486. The number of unbranched alkanes of at least 4 members (excludes halogenated alkanes) is 4. The molecule has 37 heavy (non-hydrogen) atoms. The van der Waals surface area contributed by atoms with E-state index in [4.69, 9.17) is 9.84 Å². The van der Waals surface area contributed by atoms with E-state index in [1.807, 2.05) is 54.6 Å². The number of carboxylic acid groups (broad SMARTS) is 1. The normalized spacial score (nSPS) is 10.6. The summed E-state index contributed by atoms with van der Waals surface area (Å²) in [4.78, 5) is 29.7.